The Morgan fingerprint density at radius 3 is 2.50 bits per heavy atom. The summed E-state index contributed by atoms with van der Waals surface area (Å²) >= 11 is 6.04. The van der Waals surface area contributed by atoms with Crippen molar-refractivity contribution in [3.63, 3.8) is 0 Å². The van der Waals surface area contributed by atoms with Gasteiger partial charge in [0.25, 0.3) is 0 Å². The molecule has 0 spiro atoms. The first-order chi connectivity index (χ1) is 15.8. The quantitative estimate of drug-likeness (QED) is 0.344. The molecule has 2 N–H and O–H groups in total. The number of halogens is 4. The van der Waals surface area contributed by atoms with E-state index in [2.05, 4.69) is 37.9 Å². The van der Waals surface area contributed by atoms with E-state index in [0.717, 1.165) is 25.2 Å². The van der Waals surface area contributed by atoms with E-state index < -0.39 is 23.5 Å². The topological polar surface area (TPSA) is 44.7 Å². The third-order valence-corrected chi connectivity index (χ3v) is 7.69. The summed E-state index contributed by atoms with van der Waals surface area (Å²) in [5, 5.41) is 15.6. The zero-order chi connectivity index (χ0) is 25.1. The molecular formula is C26H38ClF3N2O2. The van der Waals surface area contributed by atoms with Gasteiger partial charge in [0.1, 0.15) is 0 Å². The highest BCUT2D eigenvalue weighted by atomic mass is 35.5. The molecule has 1 aromatic rings. The van der Waals surface area contributed by atoms with E-state index in [4.69, 9.17) is 16.3 Å². The van der Waals surface area contributed by atoms with Crippen LogP contribution in [0.5, 0.6) is 0 Å². The van der Waals surface area contributed by atoms with Gasteiger partial charge in [0.2, 0.25) is 0 Å². The lowest BCUT2D eigenvalue weighted by Gasteiger charge is -2.51. The van der Waals surface area contributed by atoms with E-state index in [9.17, 15) is 18.3 Å². The van der Waals surface area contributed by atoms with Crippen molar-refractivity contribution in [2.24, 2.45) is 11.3 Å². The third kappa shape index (κ3) is 6.55. The maximum Gasteiger partial charge on any atom is 0.412 e. The zero-order valence-electron chi connectivity index (χ0n) is 20.6. The molecule has 1 aliphatic heterocycles. The van der Waals surface area contributed by atoms with Crippen molar-refractivity contribution in [2.45, 2.75) is 77.3 Å². The molecule has 3 atom stereocenters. The second-order valence-corrected chi connectivity index (χ2v) is 11.2. The maximum absolute atomic E-state index is 13.0. The van der Waals surface area contributed by atoms with E-state index in [1.807, 2.05) is 24.3 Å². The van der Waals surface area contributed by atoms with Gasteiger partial charge in [-0.1, -0.05) is 51.4 Å². The van der Waals surface area contributed by atoms with Crippen LogP contribution in [0.2, 0.25) is 5.02 Å². The smallest absolute Gasteiger partial charge is 0.385 e. The van der Waals surface area contributed by atoms with Gasteiger partial charge in [-0.25, -0.2) is 0 Å². The normalized spacial score (nSPS) is 27.0. The molecule has 1 fully saturated rings. The van der Waals surface area contributed by atoms with Gasteiger partial charge in [-0.2, -0.15) is 13.2 Å². The number of nitrogens with one attached hydrogen (secondary N) is 1. The van der Waals surface area contributed by atoms with Crippen LogP contribution < -0.4 is 5.32 Å². The van der Waals surface area contributed by atoms with Crippen LogP contribution in [-0.4, -0.2) is 54.7 Å². The van der Waals surface area contributed by atoms with Gasteiger partial charge in [-0.05, 0) is 55.4 Å². The van der Waals surface area contributed by atoms with E-state index in [1.54, 1.807) is 0 Å². The van der Waals surface area contributed by atoms with Crippen molar-refractivity contribution in [1.82, 2.24) is 10.2 Å². The van der Waals surface area contributed by atoms with Crippen LogP contribution in [0.3, 0.4) is 0 Å². The summed E-state index contributed by atoms with van der Waals surface area (Å²) < 4.78 is 44.8. The van der Waals surface area contributed by atoms with Gasteiger partial charge in [0.15, 0.2) is 0 Å². The van der Waals surface area contributed by atoms with Gasteiger partial charge in [-0.3, -0.25) is 5.32 Å². The number of alkyl halides is 3. The van der Waals surface area contributed by atoms with Gasteiger partial charge in [0, 0.05) is 41.7 Å². The van der Waals surface area contributed by atoms with E-state index in [0.29, 0.717) is 30.2 Å². The minimum Gasteiger partial charge on any atom is -0.385 e. The molecule has 0 saturated carbocycles. The molecule has 2 aliphatic rings. The number of piperidine rings is 1. The van der Waals surface area contributed by atoms with Crippen LogP contribution in [-0.2, 0) is 10.3 Å². The predicted molar refractivity (Wildman–Crippen MR) is 130 cm³/mol. The summed E-state index contributed by atoms with van der Waals surface area (Å²) in [5.41, 5.74) is -0.917. The van der Waals surface area contributed by atoms with Gasteiger partial charge in [-0.15, -0.1) is 0 Å². The van der Waals surface area contributed by atoms with Crippen LogP contribution in [0.1, 0.15) is 58.9 Å². The van der Waals surface area contributed by atoms with Crippen molar-refractivity contribution in [1.29, 1.82) is 0 Å². The second-order valence-electron chi connectivity index (χ2n) is 10.7. The molecule has 0 radical (unpaired) electrons. The summed E-state index contributed by atoms with van der Waals surface area (Å²) in [7, 11) is 0. The van der Waals surface area contributed by atoms with Crippen molar-refractivity contribution in [3.8, 4) is 0 Å². The van der Waals surface area contributed by atoms with E-state index >= 15 is 0 Å². The van der Waals surface area contributed by atoms with Crippen LogP contribution in [0.4, 0.5) is 13.2 Å². The molecular weight excluding hydrogens is 465 g/mol. The molecule has 192 valence electrons. The summed E-state index contributed by atoms with van der Waals surface area (Å²) in [6, 6.07) is 7.55. The van der Waals surface area contributed by atoms with Crippen LogP contribution in [0.15, 0.2) is 35.9 Å². The molecule has 0 aromatic heterocycles. The maximum atomic E-state index is 13.0. The van der Waals surface area contributed by atoms with Crippen LogP contribution >= 0.6 is 11.6 Å². The van der Waals surface area contributed by atoms with Crippen LogP contribution in [0.25, 0.3) is 0 Å². The van der Waals surface area contributed by atoms with Gasteiger partial charge < -0.3 is 14.7 Å². The standard InChI is InChI=1S/C26H38ClF3N2O2/c1-18(2)23(31-17-34-22-7-5-6-20(14-22)26(28,29)30)15-32-13-12-25(33,24(3,4)16-32)19-8-10-21(27)11-9-19/h8-11,14,18,22-23,31,33H,5-7,12-13,15-17H2,1-4H3/t22?,23-,25?/m0/s1. The fraction of sp³-hybridized carbons (Fsp3) is 0.692. The largest absolute Gasteiger partial charge is 0.412 e. The number of aliphatic hydroxyl groups is 1. The van der Waals surface area contributed by atoms with Crippen molar-refractivity contribution in [3.05, 3.63) is 46.5 Å². The van der Waals surface area contributed by atoms with Gasteiger partial charge in [0.05, 0.1) is 18.4 Å². The fourth-order valence-corrected chi connectivity index (χ4v) is 5.27. The van der Waals surface area contributed by atoms with E-state index in [1.165, 1.54) is 6.08 Å². The number of likely N-dealkylation sites (tertiary alicyclic amines) is 1. The first-order valence-electron chi connectivity index (χ1n) is 12.2. The average molecular weight is 503 g/mol. The number of hydrogen-bond donors (Lipinski definition) is 2. The average Bonchev–Trinajstić information content (AvgIpc) is 2.75. The number of ether oxygens (including phenoxy) is 1. The SMILES string of the molecule is CC(C)[C@H](CN1CCC(O)(c2ccc(Cl)cc2)C(C)(C)C1)NCOC1C=C(C(F)(F)F)CCC1. The highest BCUT2D eigenvalue weighted by Crippen LogP contribution is 2.46. The highest BCUT2D eigenvalue weighted by Gasteiger charge is 2.48. The Bertz CT molecular complexity index is 841. The third-order valence-electron chi connectivity index (χ3n) is 7.44. The number of allylic oxidation sites excluding steroid dienone is 1. The molecule has 0 bridgehead atoms. The minimum atomic E-state index is -4.27. The molecule has 8 heteroatoms. The van der Waals surface area contributed by atoms with Crippen LogP contribution in [0, 0.1) is 11.3 Å². The molecule has 1 aliphatic carbocycles. The Labute approximate surface area is 206 Å². The lowest BCUT2D eigenvalue weighted by atomic mass is 9.66. The van der Waals surface area contributed by atoms with E-state index in [-0.39, 0.29) is 24.6 Å². The number of nitrogens with zero attached hydrogens (tertiary/aromatic N) is 1. The monoisotopic (exact) mass is 502 g/mol. The molecule has 2 unspecified atom stereocenters. The Balaban J connectivity index is 1.56. The molecule has 3 rings (SSSR count). The first kappa shape index (κ1) is 27.5. The van der Waals surface area contributed by atoms with Crippen molar-refractivity contribution in [2.75, 3.05) is 26.4 Å². The van der Waals surface area contributed by atoms with Crippen molar-refractivity contribution >= 4 is 11.6 Å². The molecule has 0 amide bonds. The summed E-state index contributed by atoms with van der Waals surface area (Å²) in [4.78, 5) is 2.35. The first-order valence-corrected chi connectivity index (χ1v) is 12.5. The zero-order valence-corrected chi connectivity index (χ0v) is 21.3. The Hall–Kier alpha value is -1.12. The van der Waals surface area contributed by atoms with Gasteiger partial charge >= 0.3 is 6.18 Å². The lowest BCUT2D eigenvalue weighted by molar-refractivity contribution is -0.127. The summed E-state index contributed by atoms with van der Waals surface area (Å²) in [6.45, 7) is 10.9. The molecule has 1 aromatic carbocycles. The molecule has 34 heavy (non-hydrogen) atoms. The molecule has 1 saturated heterocycles. The van der Waals surface area contributed by atoms with Crippen molar-refractivity contribution < 1.29 is 23.0 Å². The lowest BCUT2D eigenvalue weighted by Crippen LogP contribution is -2.58. The number of benzene rings is 1. The Kier molecular flexibility index (Phi) is 8.78. The molecule has 1 heterocycles. The summed E-state index contributed by atoms with van der Waals surface area (Å²) in [6.07, 6.45) is -1.77. The Morgan fingerprint density at radius 1 is 1.24 bits per heavy atom. The molecule has 4 nitrogen and oxygen atoms in total. The highest BCUT2D eigenvalue weighted by molar-refractivity contribution is 6.30. The Morgan fingerprint density at radius 2 is 1.91 bits per heavy atom. The fourth-order valence-electron chi connectivity index (χ4n) is 5.15. The number of rotatable bonds is 8. The minimum absolute atomic E-state index is 0.0680. The predicted octanol–water partition coefficient (Wildman–Crippen LogP) is 5.89. The summed E-state index contributed by atoms with van der Waals surface area (Å²) in [5.74, 6) is 0.316. The second kappa shape index (κ2) is 10.9. The number of hydrogen-bond acceptors (Lipinski definition) is 4.